The molecule has 0 atom stereocenters. The Kier molecular flexibility index (Phi) is 4.92. The summed E-state index contributed by atoms with van der Waals surface area (Å²) in [7, 11) is 0. The molecule has 0 aliphatic rings. The van der Waals surface area contributed by atoms with Gasteiger partial charge in [0.05, 0.1) is 9.90 Å². The van der Waals surface area contributed by atoms with E-state index in [4.69, 9.17) is 34.8 Å². The van der Waals surface area contributed by atoms with Crippen LogP contribution in [0.25, 0.3) is 0 Å². The van der Waals surface area contributed by atoms with Gasteiger partial charge in [0.15, 0.2) is 0 Å². The molecule has 1 rings (SSSR count). The molecule has 90 valence electrons. The van der Waals surface area contributed by atoms with Crippen molar-refractivity contribution in [2.24, 2.45) is 0 Å². The quantitative estimate of drug-likeness (QED) is 0.830. The molecule has 1 N–H and O–H groups in total. The summed E-state index contributed by atoms with van der Waals surface area (Å²) in [5, 5.41) is 2.87. The minimum absolute atomic E-state index is 0.219. The fourth-order valence-electron chi connectivity index (χ4n) is 1.17. The maximum absolute atomic E-state index is 11.9. The van der Waals surface area contributed by atoms with Crippen LogP contribution in [-0.2, 0) is 0 Å². The van der Waals surface area contributed by atoms with Crippen LogP contribution in [0.5, 0.6) is 0 Å². The summed E-state index contributed by atoms with van der Waals surface area (Å²) >= 11 is 18.5. The summed E-state index contributed by atoms with van der Waals surface area (Å²) in [4.78, 5) is 11.9. The average Bonchev–Trinajstić information content (AvgIpc) is 2.44. The summed E-state index contributed by atoms with van der Waals surface area (Å²) in [5.74, 6) is 0.272. The molecule has 0 saturated heterocycles. The molecule has 0 aliphatic heterocycles. The van der Waals surface area contributed by atoms with Crippen molar-refractivity contribution in [3.05, 3.63) is 20.3 Å². The highest BCUT2D eigenvalue weighted by molar-refractivity contribution is 7.20. The molecule has 0 saturated carbocycles. The number of hydrogen-bond acceptors (Lipinski definition) is 2. The van der Waals surface area contributed by atoms with Gasteiger partial charge in [0.25, 0.3) is 5.91 Å². The Morgan fingerprint density at radius 1 is 1.50 bits per heavy atom. The largest absolute Gasteiger partial charge is 0.347 e. The molecule has 1 aromatic heterocycles. The molecule has 0 spiro atoms. The Hall–Kier alpha value is 0.0400. The zero-order valence-electron chi connectivity index (χ0n) is 8.94. The zero-order valence-corrected chi connectivity index (χ0v) is 12.0. The first-order valence-corrected chi connectivity index (χ1v) is 6.80. The van der Waals surface area contributed by atoms with E-state index in [0.717, 1.165) is 0 Å². The van der Waals surface area contributed by atoms with Gasteiger partial charge >= 0.3 is 0 Å². The van der Waals surface area contributed by atoms with E-state index in [0.29, 0.717) is 26.5 Å². The fraction of sp³-hybridized carbons (Fsp3) is 0.500. The van der Waals surface area contributed by atoms with Crippen molar-refractivity contribution in [3.8, 4) is 0 Å². The first kappa shape index (κ1) is 14.1. The number of nitrogens with one attached hydrogen (secondary N) is 1. The standard InChI is InChI=1S/C10H12Cl3NOS/c1-10(2,3-4-11)14-9(15)6-5-7(12)16-8(6)13/h5H,3-4H2,1-2H3,(H,14,15). The molecule has 1 aromatic rings. The van der Waals surface area contributed by atoms with Crippen molar-refractivity contribution in [2.45, 2.75) is 25.8 Å². The number of carbonyl (C=O) groups excluding carboxylic acids is 1. The monoisotopic (exact) mass is 299 g/mol. The SMILES string of the molecule is CC(C)(CCCl)NC(=O)c1cc(Cl)sc1Cl. The summed E-state index contributed by atoms with van der Waals surface area (Å²) in [6, 6.07) is 1.57. The molecule has 0 aromatic carbocycles. The third-order valence-electron chi connectivity index (χ3n) is 2.07. The van der Waals surface area contributed by atoms with E-state index in [1.54, 1.807) is 6.07 Å². The molecule has 0 aliphatic carbocycles. The Balaban J connectivity index is 2.76. The lowest BCUT2D eigenvalue weighted by Crippen LogP contribution is -2.43. The molecule has 16 heavy (non-hydrogen) atoms. The Bertz CT molecular complexity index is 389. The number of alkyl halides is 1. The second-order valence-corrected chi connectivity index (χ2v) is 6.68. The molecule has 6 heteroatoms. The Morgan fingerprint density at radius 2 is 2.12 bits per heavy atom. The minimum atomic E-state index is -0.351. The van der Waals surface area contributed by atoms with Gasteiger partial charge in [-0.1, -0.05) is 23.2 Å². The van der Waals surface area contributed by atoms with E-state index >= 15 is 0 Å². The summed E-state index contributed by atoms with van der Waals surface area (Å²) < 4.78 is 0.912. The van der Waals surface area contributed by atoms with Crippen LogP contribution in [0.3, 0.4) is 0 Å². The minimum Gasteiger partial charge on any atom is -0.347 e. The molecular weight excluding hydrogens is 289 g/mol. The Morgan fingerprint density at radius 3 is 2.56 bits per heavy atom. The number of amides is 1. The molecule has 0 fully saturated rings. The van der Waals surface area contributed by atoms with E-state index in [1.165, 1.54) is 11.3 Å². The summed E-state index contributed by atoms with van der Waals surface area (Å²) in [6.07, 6.45) is 0.690. The van der Waals surface area contributed by atoms with E-state index in [1.807, 2.05) is 13.8 Å². The molecule has 2 nitrogen and oxygen atoms in total. The third kappa shape index (κ3) is 3.81. The van der Waals surface area contributed by atoms with Gasteiger partial charge in [0.2, 0.25) is 0 Å². The highest BCUT2D eigenvalue weighted by Crippen LogP contribution is 2.31. The van der Waals surface area contributed by atoms with Gasteiger partial charge < -0.3 is 5.32 Å². The number of carbonyl (C=O) groups is 1. The van der Waals surface area contributed by atoms with Crippen molar-refractivity contribution >= 4 is 52.0 Å². The third-order valence-corrected chi connectivity index (χ3v) is 3.75. The molecule has 1 amide bonds. The van der Waals surface area contributed by atoms with E-state index in [-0.39, 0.29) is 11.4 Å². The summed E-state index contributed by atoms with van der Waals surface area (Å²) in [6.45, 7) is 3.82. The van der Waals surface area contributed by atoms with Crippen LogP contribution in [0.15, 0.2) is 6.07 Å². The molecular formula is C10H12Cl3NOS. The average molecular weight is 301 g/mol. The van der Waals surface area contributed by atoms with Crippen LogP contribution < -0.4 is 5.32 Å². The van der Waals surface area contributed by atoms with Gasteiger partial charge in [-0.05, 0) is 26.3 Å². The van der Waals surface area contributed by atoms with E-state index < -0.39 is 0 Å². The predicted molar refractivity (Wildman–Crippen MR) is 71.2 cm³/mol. The smallest absolute Gasteiger partial charge is 0.254 e. The van der Waals surface area contributed by atoms with Crippen molar-refractivity contribution < 1.29 is 4.79 Å². The van der Waals surface area contributed by atoms with Gasteiger partial charge in [0.1, 0.15) is 4.34 Å². The lowest BCUT2D eigenvalue weighted by Gasteiger charge is -2.25. The van der Waals surface area contributed by atoms with Gasteiger partial charge in [-0.3, -0.25) is 4.79 Å². The molecule has 0 radical (unpaired) electrons. The number of halogens is 3. The maximum Gasteiger partial charge on any atom is 0.254 e. The van der Waals surface area contributed by atoms with Crippen molar-refractivity contribution in [1.82, 2.24) is 5.32 Å². The van der Waals surface area contributed by atoms with Crippen LogP contribution in [0.1, 0.15) is 30.6 Å². The van der Waals surface area contributed by atoms with Crippen LogP contribution in [0.2, 0.25) is 8.67 Å². The highest BCUT2D eigenvalue weighted by Gasteiger charge is 2.22. The Labute approximate surface area is 114 Å². The van der Waals surface area contributed by atoms with E-state index in [2.05, 4.69) is 5.32 Å². The first-order chi connectivity index (χ1) is 7.35. The maximum atomic E-state index is 11.9. The first-order valence-electron chi connectivity index (χ1n) is 4.69. The van der Waals surface area contributed by atoms with Gasteiger partial charge in [-0.2, -0.15) is 0 Å². The van der Waals surface area contributed by atoms with Crippen LogP contribution in [0, 0.1) is 0 Å². The molecule has 1 heterocycles. The zero-order chi connectivity index (χ0) is 12.3. The van der Waals surface area contributed by atoms with Gasteiger partial charge in [-0.25, -0.2) is 0 Å². The number of hydrogen-bond donors (Lipinski definition) is 1. The van der Waals surface area contributed by atoms with Crippen molar-refractivity contribution in [3.63, 3.8) is 0 Å². The van der Waals surface area contributed by atoms with Crippen LogP contribution in [0.4, 0.5) is 0 Å². The van der Waals surface area contributed by atoms with Crippen molar-refractivity contribution in [1.29, 1.82) is 0 Å². The van der Waals surface area contributed by atoms with Crippen LogP contribution in [-0.4, -0.2) is 17.3 Å². The second kappa shape index (κ2) is 5.58. The second-order valence-electron chi connectivity index (χ2n) is 4.01. The topological polar surface area (TPSA) is 29.1 Å². The molecule has 0 unspecified atom stereocenters. The predicted octanol–water partition coefficient (Wildman–Crippen LogP) is 4.19. The number of rotatable bonds is 4. The van der Waals surface area contributed by atoms with Crippen LogP contribution >= 0.6 is 46.1 Å². The van der Waals surface area contributed by atoms with E-state index in [9.17, 15) is 4.79 Å². The van der Waals surface area contributed by atoms with Crippen molar-refractivity contribution in [2.75, 3.05) is 5.88 Å². The molecule has 0 bridgehead atoms. The fourth-order valence-corrected chi connectivity index (χ4v) is 3.10. The lowest BCUT2D eigenvalue weighted by molar-refractivity contribution is 0.0912. The van der Waals surface area contributed by atoms with Gasteiger partial charge in [-0.15, -0.1) is 22.9 Å². The highest BCUT2D eigenvalue weighted by atomic mass is 35.5. The normalized spacial score (nSPS) is 11.6. The lowest BCUT2D eigenvalue weighted by atomic mass is 10.0. The van der Waals surface area contributed by atoms with Gasteiger partial charge in [0, 0.05) is 11.4 Å². The number of thiophene rings is 1. The summed E-state index contributed by atoms with van der Waals surface area (Å²) in [5.41, 5.74) is 0.0654.